The summed E-state index contributed by atoms with van der Waals surface area (Å²) in [5, 5.41) is 13.4. The van der Waals surface area contributed by atoms with Crippen molar-refractivity contribution in [3.63, 3.8) is 0 Å². The minimum atomic E-state index is -4.57. The smallest absolute Gasteiger partial charge is 0.308 e. The fraction of sp³-hybridized carbons (Fsp3) is 0.257. The fourth-order valence-electron chi connectivity index (χ4n) is 5.75. The molecule has 3 heterocycles. The molecule has 0 bridgehead atoms. The van der Waals surface area contributed by atoms with Crippen molar-refractivity contribution in [1.29, 1.82) is 0 Å². The number of rotatable bonds is 10. The monoisotopic (exact) mass is 821 g/mol. The number of carbonyl (C=O) groups excluding carboxylic acids is 4. The number of imide groups is 1. The van der Waals surface area contributed by atoms with E-state index >= 15 is 0 Å². The predicted octanol–water partition coefficient (Wildman–Crippen LogP) is 6.49. The van der Waals surface area contributed by atoms with Crippen LogP contribution < -0.4 is 26.3 Å². The zero-order chi connectivity index (χ0) is 40.2. The van der Waals surface area contributed by atoms with Gasteiger partial charge in [0, 0.05) is 55.0 Å². The first kappa shape index (κ1) is 40.1. The fourth-order valence-corrected chi connectivity index (χ4v) is 6.79. The number of halogens is 7. The molecule has 0 spiro atoms. The van der Waals surface area contributed by atoms with Crippen LogP contribution in [0.2, 0.25) is 5.02 Å². The van der Waals surface area contributed by atoms with Gasteiger partial charge in [-0.2, -0.15) is 31.4 Å². The van der Waals surface area contributed by atoms with Crippen molar-refractivity contribution in [3.05, 3.63) is 94.0 Å². The number of hydrogen-bond donors (Lipinski definition) is 4. The average molecular weight is 822 g/mol. The largest absolute Gasteiger partial charge is 0.416 e. The zero-order valence-electron chi connectivity index (χ0n) is 28.7. The lowest BCUT2D eigenvalue weighted by Crippen LogP contribution is -2.48. The normalized spacial score (nSPS) is 17.0. The van der Waals surface area contributed by atoms with Crippen LogP contribution in [0.4, 0.5) is 53.0 Å². The zero-order valence-corrected chi connectivity index (χ0v) is 30.3. The molecule has 3 aromatic carbocycles. The van der Waals surface area contributed by atoms with Crippen LogP contribution >= 0.6 is 22.9 Å². The lowest BCUT2D eigenvalue weighted by Gasteiger charge is -2.33. The number of hydrogen-bond acceptors (Lipinski definition) is 9. The molecule has 1 unspecified atom stereocenters. The molecule has 21 heteroatoms. The van der Waals surface area contributed by atoms with Gasteiger partial charge >= 0.3 is 24.4 Å². The van der Waals surface area contributed by atoms with Gasteiger partial charge in [0.2, 0.25) is 0 Å². The molecular formula is C35H30ClF6N9O4S. The SMILES string of the molecule is O=C(CN1CCN(Cc2csc(-c3ccc(NC(=O)Nc4ccc(C(F)(F)F)cc4Cl)cc3)n2)CC1)N/N=C/C1C(=O)NC(=O)N1c1ccc(C(F)(F)F)cc1. The first-order valence-corrected chi connectivity index (χ1v) is 17.9. The Morgan fingerprint density at radius 2 is 1.54 bits per heavy atom. The Labute approximate surface area is 323 Å². The number of piperazine rings is 1. The molecule has 6 amide bonds. The van der Waals surface area contributed by atoms with Crippen LogP contribution in [0.1, 0.15) is 16.8 Å². The van der Waals surface area contributed by atoms with E-state index in [9.17, 15) is 45.5 Å². The highest BCUT2D eigenvalue weighted by Crippen LogP contribution is 2.34. The third-order valence-electron chi connectivity index (χ3n) is 8.58. The number of hydrazone groups is 1. The van der Waals surface area contributed by atoms with Gasteiger partial charge in [-0.05, 0) is 66.7 Å². The number of carbonyl (C=O) groups is 4. The Morgan fingerprint density at radius 3 is 2.18 bits per heavy atom. The van der Waals surface area contributed by atoms with Gasteiger partial charge in [-0.25, -0.2) is 20.0 Å². The molecular weight excluding hydrogens is 792 g/mol. The van der Waals surface area contributed by atoms with Crippen LogP contribution in [0.5, 0.6) is 0 Å². The quantitative estimate of drug-likeness (QED) is 0.0618. The third-order valence-corrected chi connectivity index (χ3v) is 9.83. The number of benzene rings is 3. The van der Waals surface area contributed by atoms with Gasteiger partial charge in [0.15, 0.2) is 6.04 Å². The van der Waals surface area contributed by atoms with E-state index < -0.39 is 53.4 Å². The summed E-state index contributed by atoms with van der Waals surface area (Å²) in [6.07, 6.45) is -8.10. The molecule has 294 valence electrons. The molecule has 2 saturated heterocycles. The van der Waals surface area contributed by atoms with Crippen molar-refractivity contribution in [2.75, 3.05) is 48.3 Å². The molecule has 2 fully saturated rings. The van der Waals surface area contributed by atoms with Crippen LogP contribution in [0.15, 0.2) is 77.2 Å². The molecule has 0 aliphatic carbocycles. The lowest BCUT2D eigenvalue weighted by molar-refractivity contribution is -0.138. The van der Waals surface area contributed by atoms with Crippen LogP contribution in [-0.2, 0) is 28.5 Å². The summed E-state index contributed by atoms with van der Waals surface area (Å²) < 4.78 is 77.5. The molecule has 1 aromatic heterocycles. The topological polar surface area (TPSA) is 151 Å². The van der Waals surface area contributed by atoms with E-state index in [1.54, 1.807) is 24.3 Å². The molecule has 6 rings (SSSR count). The summed E-state index contributed by atoms with van der Waals surface area (Å²) in [5.74, 6) is -1.21. The van der Waals surface area contributed by atoms with Crippen molar-refractivity contribution >= 4 is 70.1 Å². The summed E-state index contributed by atoms with van der Waals surface area (Å²) in [6, 6.07) is 10.4. The second-order valence-electron chi connectivity index (χ2n) is 12.5. The summed E-state index contributed by atoms with van der Waals surface area (Å²) in [6.45, 7) is 3.03. The van der Waals surface area contributed by atoms with E-state index in [1.807, 2.05) is 10.3 Å². The van der Waals surface area contributed by atoms with Crippen molar-refractivity contribution in [2.24, 2.45) is 5.10 Å². The Balaban J connectivity index is 0.929. The standard InChI is InChI=1S/C35H30ClF6N9O4S/c36-26-15-22(35(40,41)42)5-10-27(26)46-32(54)45-23-6-1-20(2-7-23)31-44-24(19-56-31)17-49-11-13-50(14-12-49)18-29(52)48-43-16-28-30(53)47-33(55)51(28)25-8-3-21(4-9-25)34(37,38)39/h1-10,15-16,19,28H,11-14,17-18H2,(H,48,52)(H2,45,46,54)(H,47,53,55)/b43-16+. The maximum absolute atomic E-state index is 12.9. The Bertz CT molecular complexity index is 2120. The number of aromatic nitrogens is 1. The number of anilines is 3. The van der Waals surface area contributed by atoms with Gasteiger partial charge in [0.05, 0.1) is 40.3 Å². The minimum Gasteiger partial charge on any atom is -0.308 e. The summed E-state index contributed by atoms with van der Waals surface area (Å²) in [5.41, 5.74) is 2.64. The van der Waals surface area contributed by atoms with E-state index in [0.29, 0.717) is 38.4 Å². The molecule has 2 aliphatic heterocycles. The first-order valence-electron chi connectivity index (χ1n) is 16.6. The Morgan fingerprint density at radius 1 is 0.893 bits per heavy atom. The first-order chi connectivity index (χ1) is 26.5. The van der Waals surface area contributed by atoms with E-state index in [0.717, 1.165) is 69.8 Å². The van der Waals surface area contributed by atoms with Gasteiger partial charge in [-0.15, -0.1) is 11.3 Å². The van der Waals surface area contributed by atoms with E-state index in [2.05, 4.69) is 31.4 Å². The summed E-state index contributed by atoms with van der Waals surface area (Å²) >= 11 is 7.36. The number of thiazole rings is 1. The minimum absolute atomic E-state index is 0.0136. The number of nitrogens with one attached hydrogen (secondary N) is 4. The molecule has 13 nitrogen and oxygen atoms in total. The van der Waals surface area contributed by atoms with Crippen molar-refractivity contribution < 1.29 is 45.5 Å². The predicted molar refractivity (Wildman–Crippen MR) is 196 cm³/mol. The second kappa shape index (κ2) is 16.7. The third kappa shape index (κ3) is 9.99. The highest BCUT2D eigenvalue weighted by atomic mass is 35.5. The van der Waals surface area contributed by atoms with Gasteiger partial charge in [0.25, 0.3) is 11.8 Å². The maximum Gasteiger partial charge on any atom is 0.416 e. The van der Waals surface area contributed by atoms with Crippen molar-refractivity contribution in [1.82, 2.24) is 25.5 Å². The molecule has 0 radical (unpaired) electrons. The van der Waals surface area contributed by atoms with Crippen LogP contribution in [0, 0.1) is 0 Å². The number of amides is 6. The molecule has 1 atom stereocenters. The number of urea groups is 2. The van der Waals surface area contributed by atoms with Crippen LogP contribution in [-0.4, -0.2) is 83.6 Å². The second-order valence-corrected chi connectivity index (χ2v) is 13.8. The average Bonchev–Trinajstić information content (AvgIpc) is 3.72. The number of alkyl halides is 6. The number of nitrogens with zero attached hydrogens (tertiary/aromatic N) is 5. The Kier molecular flexibility index (Phi) is 11.9. The van der Waals surface area contributed by atoms with Gasteiger partial charge < -0.3 is 10.6 Å². The van der Waals surface area contributed by atoms with E-state index in [4.69, 9.17) is 16.6 Å². The molecule has 0 saturated carbocycles. The molecule has 4 aromatic rings. The van der Waals surface area contributed by atoms with Crippen molar-refractivity contribution in [3.8, 4) is 10.6 Å². The van der Waals surface area contributed by atoms with E-state index in [1.165, 1.54) is 11.3 Å². The highest BCUT2D eigenvalue weighted by molar-refractivity contribution is 7.13. The van der Waals surface area contributed by atoms with Gasteiger partial charge in [-0.1, -0.05) is 11.6 Å². The van der Waals surface area contributed by atoms with Crippen LogP contribution in [0.3, 0.4) is 0 Å². The molecule has 2 aliphatic rings. The van der Waals surface area contributed by atoms with Gasteiger partial charge in [0.1, 0.15) is 5.01 Å². The summed E-state index contributed by atoms with van der Waals surface area (Å²) in [7, 11) is 0. The van der Waals surface area contributed by atoms with Crippen molar-refractivity contribution in [2.45, 2.75) is 24.9 Å². The van der Waals surface area contributed by atoms with Crippen LogP contribution in [0.25, 0.3) is 10.6 Å². The van der Waals surface area contributed by atoms with E-state index in [-0.39, 0.29) is 22.9 Å². The molecule has 56 heavy (non-hydrogen) atoms. The highest BCUT2D eigenvalue weighted by Gasteiger charge is 2.39. The van der Waals surface area contributed by atoms with Gasteiger partial charge in [-0.3, -0.25) is 29.6 Å². The lowest BCUT2D eigenvalue weighted by atomic mass is 10.1. The molecule has 4 N–H and O–H groups in total. The summed E-state index contributed by atoms with van der Waals surface area (Å²) in [4.78, 5) is 59.5. The Hall–Kier alpha value is -5.57. The maximum atomic E-state index is 12.9.